The van der Waals surface area contributed by atoms with Crippen LogP contribution in [0.1, 0.15) is 6.92 Å². The minimum absolute atomic E-state index is 0.0307. The molecular formula is C24H22AsN4O2. The summed E-state index contributed by atoms with van der Waals surface area (Å²) >= 11 is -0.0307. The van der Waals surface area contributed by atoms with Gasteiger partial charge in [0, 0.05) is 0 Å². The van der Waals surface area contributed by atoms with Gasteiger partial charge in [0.15, 0.2) is 0 Å². The molecule has 1 saturated heterocycles. The molecule has 7 heteroatoms. The van der Waals surface area contributed by atoms with E-state index in [-0.39, 0.29) is 27.7 Å². The van der Waals surface area contributed by atoms with Gasteiger partial charge in [0.1, 0.15) is 0 Å². The number of carbonyl (C=O) groups is 1. The number of fused-ring (bicyclic) bond motifs is 4. The molecule has 1 radical (unpaired) electrons. The first-order chi connectivity index (χ1) is 15.2. The summed E-state index contributed by atoms with van der Waals surface area (Å²) < 4.78 is 8.21. The van der Waals surface area contributed by atoms with Crippen LogP contribution in [0.3, 0.4) is 0 Å². The molecule has 1 atom stereocenters. The number of nitrogens with one attached hydrogen (secondary N) is 2. The Balaban J connectivity index is 1.54. The van der Waals surface area contributed by atoms with Crippen LogP contribution < -0.4 is 24.7 Å². The van der Waals surface area contributed by atoms with Crippen LogP contribution in [0.4, 0.5) is 5.69 Å². The Labute approximate surface area is 187 Å². The van der Waals surface area contributed by atoms with E-state index in [1.54, 1.807) is 0 Å². The fourth-order valence-electron chi connectivity index (χ4n) is 4.40. The number of anilines is 1. The van der Waals surface area contributed by atoms with Gasteiger partial charge in [-0.3, -0.25) is 0 Å². The van der Waals surface area contributed by atoms with E-state index in [0.29, 0.717) is 11.3 Å². The Morgan fingerprint density at radius 1 is 1.10 bits per heavy atom. The Hall–Kier alpha value is -2.82. The van der Waals surface area contributed by atoms with Crippen molar-refractivity contribution in [1.29, 1.82) is 0 Å². The Morgan fingerprint density at radius 3 is 2.77 bits per heavy atom. The average Bonchev–Trinajstić information content (AvgIpc) is 2.77. The predicted molar refractivity (Wildman–Crippen MR) is 124 cm³/mol. The molecule has 3 heterocycles. The van der Waals surface area contributed by atoms with Gasteiger partial charge in [0.2, 0.25) is 0 Å². The van der Waals surface area contributed by atoms with Gasteiger partial charge in [-0.25, -0.2) is 0 Å². The molecule has 3 aromatic rings. The molecule has 1 unspecified atom stereocenters. The zero-order valence-corrected chi connectivity index (χ0v) is 19.0. The maximum atomic E-state index is 12.3. The molecule has 0 spiro atoms. The van der Waals surface area contributed by atoms with Gasteiger partial charge in [-0.2, -0.15) is 0 Å². The molecule has 6 nitrogen and oxygen atoms in total. The topological polar surface area (TPSA) is 66.0 Å². The summed E-state index contributed by atoms with van der Waals surface area (Å²) in [5, 5.41) is 10.1. The molecule has 3 aliphatic heterocycles. The summed E-state index contributed by atoms with van der Waals surface area (Å²) in [5.41, 5.74) is 6.05. The molecule has 1 amide bonds. The third-order valence-corrected chi connectivity index (χ3v) is 9.09. The SMILES string of the molecule is CC1C(=O)NN=C2COc3cc(-c4cccc5ccccc45)c([As]C4CNC4)cc3N21. The summed E-state index contributed by atoms with van der Waals surface area (Å²) in [5.74, 6) is 1.48. The number of carbonyl (C=O) groups excluding carboxylic acids is 1. The Kier molecular flexibility index (Phi) is 4.51. The molecule has 1 fully saturated rings. The van der Waals surface area contributed by atoms with E-state index in [1.807, 2.05) is 11.8 Å². The van der Waals surface area contributed by atoms with Crippen LogP contribution in [-0.2, 0) is 4.79 Å². The van der Waals surface area contributed by atoms with Crippen LogP contribution >= 0.6 is 0 Å². The Bertz CT molecular complexity index is 1230. The van der Waals surface area contributed by atoms with Crippen LogP contribution in [0.2, 0.25) is 4.71 Å². The van der Waals surface area contributed by atoms with Crippen LogP contribution in [-0.4, -0.2) is 53.2 Å². The second-order valence-electron chi connectivity index (χ2n) is 8.14. The maximum absolute atomic E-state index is 12.3. The van der Waals surface area contributed by atoms with Gasteiger partial charge in [-0.05, 0) is 0 Å². The predicted octanol–water partition coefficient (Wildman–Crippen LogP) is 2.26. The van der Waals surface area contributed by atoms with E-state index in [4.69, 9.17) is 4.74 Å². The first kappa shape index (κ1) is 18.9. The van der Waals surface area contributed by atoms with Crippen molar-refractivity contribution in [3.63, 3.8) is 0 Å². The number of hydrazone groups is 1. The molecule has 31 heavy (non-hydrogen) atoms. The van der Waals surface area contributed by atoms with Crippen molar-refractivity contribution in [3.05, 3.63) is 54.6 Å². The summed E-state index contributed by atoms with van der Waals surface area (Å²) in [4.78, 5) is 14.3. The van der Waals surface area contributed by atoms with Crippen molar-refractivity contribution >= 4 is 48.3 Å². The molecule has 0 bridgehead atoms. The third-order valence-electron chi connectivity index (χ3n) is 6.19. The first-order valence-electron chi connectivity index (χ1n) is 10.6. The van der Waals surface area contributed by atoms with Crippen LogP contribution in [0.5, 0.6) is 5.75 Å². The second kappa shape index (κ2) is 7.40. The van der Waals surface area contributed by atoms with Crippen molar-refractivity contribution in [3.8, 4) is 16.9 Å². The molecule has 2 N–H and O–H groups in total. The summed E-state index contributed by atoms with van der Waals surface area (Å²) in [6, 6.07) is 19.2. The van der Waals surface area contributed by atoms with Crippen LogP contribution in [0.25, 0.3) is 21.9 Å². The number of ether oxygens (including phenoxy) is 1. The van der Waals surface area contributed by atoms with E-state index in [2.05, 4.69) is 70.4 Å². The number of nitrogens with zero attached hydrogens (tertiary/aromatic N) is 2. The third kappa shape index (κ3) is 3.13. The van der Waals surface area contributed by atoms with E-state index in [9.17, 15) is 4.79 Å². The molecule has 155 valence electrons. The molecular weight excluding hydrogens is 451 g/mol. The molecule has 0 saturated carbocycles. The van der Waals surface area contributed by atoms with Gasteiger partial charge in [0.25, 0.3) is 0 Å². The zero-order valence-electron chi connectivity index (χ0n) is 17.1. The minimum atomic E-state index is -0.312. The van der Waals surface area contributed by atoms with Crippen molar-refractivity contribution < 1.29 is 9.53 Å². The van der Waals surface area contributed by atoms with Crippen molar-refractivity contribution in [1.82, 2.24) is 10.7 Å². The van der Waals surface area contributed by atoms with E-state index < -0.39 is 0 Å². The van der Waals surface area contributed by atoms with Crippen molar-refractivity contribution in [2.24, 2.45) is 5.10 Å². The van der Waals surface area contributed by atoms with Crippen molar-refractivity contribution in [2.75, 3.05) is 24.6 Å². The Morgan fingerprint density at radius 2 is 1.94 bits per heavy atom. The molecule has 3 aliphatic rings. The molecule has 3 aromatic carbocycles. The van der Waals surface area contributed by atoms with Gasteiger partial charge >= 0.3 is 187 Å². The van der Waals surface area contributed by atoms with Crippen molar-refractivity contribution in [2.45, 2.75) is 17.7 Å². The average molecular weight is 473 g/mol. The summed E-state index contributed by atoms with van der Waals surface area (Å²) in [7, 11) is 0. The van der Waals surface area contributed by atoms with Gasteiger partial charge in [-0.1, -0.05) is 0 Å². The number of rotatable bonds is 3. The molecule has 0 aromatic heterocycles. The van der Waals surface area contributed by atoms with Crippen LogP contribution in [0.15, 0.2) is 59.7 Å². The molecule has 6 rings (SSSR count). The standard InChI is InChI=1S/C24H22AsN4O2/c1-14-24(30)28-27-23-13-31-22-9-19(18-8-4-6-15-5-2-3-7-17(15)18)20(10-21(22)29(14)23)25-16-11-26-12-16/h2-10,14,16,26H,11-13H2,1H3,(H,28,30). The zero-order chi connectivity index (χ0) is 20.9. The quantitative estimate of drug-likeness (QED) is 0.573. The molecule has 0 aliphatic carbocycles. The number of benzene rings is 3. The number of amides is 1. The number of hydrogen-bond donors (Lipinski definition) is 2. The fourth-order valence-corrected chi connectivity index (χ4v) is 7.25. The van der Waals surface area contributed by atoms with E-state index >= 15 is 0 Å². The first-order valence-corrected chi connectivity index (χ1v) is 12.6. The second-order valence-corrected chi connectivity index (χ2v) is 11.2. The fraction of sp³-hybridized carbons (Fsp3) is 0.250. The summed E-state index contributed by atoms with van der Waals surface area (Å²) in [6.45, 7) is 4.43. The normalized spacial score (nSPS) is 20.7. The van der Waals surface area contributed by atoms with Gasteiger partial charge in [-0.15, -0.1) is 0 Å². The van der Waals surface area contributed by atoms with E-state index in [0.717, 1.165) is 30.4 Å². The number of amidine groups is 1. The van der Waals surface area contributed by atoms with E-state index in [1.165, 1.54) is 26.3 Å². The monoisotopic (exact) mass is 473 g/mol. The van der Waals surface area contributed by atoms with Crippen LogP contribution in [0, 0.1) is 0 Å². The number of hydrogen-bond acceptors (Lipinski definition) is 5. The van der Waals surface area contributed by atoms with Gasteiger partial charge in [0.05, 0.1) is 0 Å². The van der Waals surface area contributed by atoms with Gasteiger partial charge < -0.3 is 0 Å². The summed E-state index contributed by atoms with van der Waals surface area (Å²) in [6.07, 6.45) is 0.